The molecule has 0 bridgehead atoms. The number of hydrogen-bond donors (Lipinski definition) is 5. The first-order chi connectivity index (χ1) is 7.58. The highest BCUT2D eigenvalue weighted by atomic mass is 35.5. The standard InChI is InChI=1S/C8H12ClN3O4/c9-6-5(1-10-12-7(6)16)11-8(2-13,3-14)4-15/h1,13-15H,2-4H2,(H2,11,12,16). The van der Waals surface area contributed by atoms with Crippen LogP contribution in [0.15, 0.2) is 11.0 Å². The number of aromatic nitrogens is 2. The van der Waals surface area contributed by atoms with E-state index in [1.807, 2.05) is 0 Å². The van der Waals surface area contributed by atoms with E-state index < -0.39 is 30.9 Å². The Kier molecular flexibility index (Phi) is 4.25. The second kappa shape index (κ2) is 5.26. The lowest BCUT2D eigenvalue weighted by atomic mass is 10.0. The third-order valence-electron chi connectivity index (χ3n) is 2.10. The Hall–Kier alpha value is -1.15. The smallest absolute Gasteiger partial charge is 0.285 e. The van der Waals surface area contributed by atoms with E-state index >= 15 is 0 Å². The molecular weight excluding hydrogens is 238 g/mol. The Bertz CT molecular complexity index is 396. The van der Waals surface area contributed by atoms with Crippen LogP contribution in [0.2, 0.25) is 5.02 Å². The van der Waals surface area contributed by atoms with Gasteiger partial charge in [-0.15, -0.1) is 0 Å². The van der Waals surface area contributed by atoms with Crippen LogP contribution < -0.4 is 10.9 Å². The van der Waals surface area contributed by atoms with Crippen LogP contribution in [0.1, 0.15) is 0 Å². The van der Waals surface area contributed by atoms with Gasteiger partial charge in [0.05, 0.1) is 31.7 Å². The summed E-state index contributed by atoms with van der Waals surface area (Å²) < 4.78 is 0. The lowest BCUT2D eigenvalue weighted by Gasteiger charge is -2.29. The average molecular weight is 250 g/mol. The summed E-state index contributed by atoms with van der Waals surface area (Å²) in [5.41, 5.74) is -1.82. The maximum absolute atomic E-state index is 11.1. The van der Waals surface area contributed by atoms with Crippen molar-refractivity contribution in [3.63, 3.8) is 0 Å². The summed E-state index contributed by atoms with van der Waals surface area (Å²) in [5.74, 6) is 0. The topological polar surface area (TPSA) is 118 Å². The maximum Gasteiger partial charge on any atom is 0.285 e. The van der Waals surface area contributed by atoms with E-state index in [2.05, 4.69) is 15.5 Å². The highest BCUT2D eigenvalue weighted by Crippen LogP contribution is 2.19. The van der Waals surface area contributed by atoms with Crippen LogP contribution in [0, 0.1) is 0 Å². The molecule has 0 aliphatic carbocycles. The van der Waals surface area contributed by atoms with E-state index in [0.717, 1.165) is 0 Å². The van der Waals surface area contributed by atoms with E-state index in [9.17, 15) is 4.79 Å². The summed E-state index contributed by atoms with van der Waals surface area (Å²) in [6, 6.07) is 0. The Morgan fingerprint density at radius 2 is 1.94 bits per heavy atom. The fourth-order valence-corrected chi connectivity index (χ4v) is 1.16. The zero-order chi connectivity index (χ0) is 12.2. The lowest BCUT2D eigenvalue weighted by molar-refractivity contribution is 0.0833. The largest absolute Gasteiger partial charge is 0.394 e. The minimum Gasteiger partial charge on any atom is -0.394 e. The van der Waals surface area contributed by atoms with Crippen LogP contribution in [-0.2, 0) is 0 Å². The van der Waals surface area contributed by atoms with Gasteiger partial charge in [0.2, 0.25) is 0 Å². The molecule has 7 nitrogen and oxygen atoms in total. The normalized spacial score (nSPS) is 11.5. The molecule has 0 saturated carbocycles. The third-order valence-corrected chi connectivity index (χ3v) is 2.48. The van der Waals surface area contributed by atoms with Crippen LogP contribution in [0.4, 0.5) is 5.69 Å². The van der Waals surface area contributed by atoms with Crippen molar-refractivity contribution in [1.29, 1.82) is 0 Å². The Balaban J connectivity index is 3.03. The fourth-order valence-electron chi connectivity index (χ4n) is 1.02. The monoisotopic (exact) mass is 249 g/mol. The third kappa shape index (κ3) is 2.50. The summed E-state index contributed by atoms with van der Waals surface area (Å²) in [6.07, 6.45) is 1.22. The Labute approximate surface area is 95.7 Å². The van der Waals surface area contributed by atoms with Gasteiger partial charge in [-0.1, -0.05) is 11.6 Å². The maximum atomic E-state index is 11.1. The summed E-state index contributed by atoms with van der Waals surface area (Å²) in [7, 11) is 0. The van der Waals surface area contributed by atoms with Crippen molar-refractivity contribution in [3.8, 4) is 0 Å². The van der Waals surface area contributed by atoms with E-state index in [1.54, 1.807) is 0 Å². The molecule has 0 radical (unpaired) electrons. The number of H-pyrrole nitrogens is 1. The lowest BCUT2D eigenvalue weighted by Crippen LogP contribution is -2.49. The number of aliphatic hydroxyl groups excluding tert-OH is 3. The molecule has 90 valence electrons. The van der Waals surface area contributed by atoms with E-state index in [-0.39, 0.29) is 10.7 Å². The number of hydrogen-bond acceptors (Lipinski definition) is 6. The number of rotatable bonds is 5. The first kappa shape index (κ1) is 12.9. The van der Waals surface area contributed by atoms with Crippen LogP contribution in [0.25, 0.3) is 0 Å². The van der Waals surface area contributed by atoms with Crippen molar-refractivity contribution in [2.45, 2.75) is 5.54 Å². The first-order valence-electron chi connectivity index (χ1n) is 4.42. The zero-order valence-corrected chi connectivity index (χ0v) is 9.03. The molecule has 0 amide bonds. The molecule has 0 fully saturated rings. The van der Waals surface area contributed by atoms with Gasteiger partial charge < -0.3 is 20.6 Å². The predicted molar refractivity (Wildman–Crippen MR) is 57.5 cm³/mol. The van der Waals surface area contributed by atoms with Crippen molar-refractivity contribution in [1.82, 2.24) is 10.2 Å². The number of nitrogens with zero attached hydrogens (tertiary/aromatic N) is 1. The Morgan fingerprint density at radius 1 is 1.38 bits per heavy atom. The summed E-state index contributed by atoms with van der Waals surface area (Å²) in [5, 5.41) is 35.2. The predicted octanol–water partition coefficient (Wildman–Crippen LogP) is -1.45. The van der Waals surface area contributed by atoms with Gasteiger partial charge >= 0.3 is 0 Å². The van der Waals surface area contributed by atoms with E-state index in [4.69, 9.17) is 26.9 Å². The molecule has 0 aliphatic rings. The van der Waals surface area contributed by atoms with Crippen LogP contribution in [0.3, 0.4) is 0 Å². The summed E-state index contributed by atoms with van der Waals surface area (Å²) >= 11 is 5.68. The molecule has 1 heterocycles. The van der Waals surface area contributed by atoms with Gasteiger partial charge in [0.25, 0.3) is 5.56 Å². The SMILES string of the molecule is O=c1[nH]ncc(NC(CO)(CO)CO)c1Cl. The number of aromatic amines is 1. The van der Waals surface area contributed by atoms with Gasteiger partial charge in [-0.25, -0.2) is 5.10 Å². The molecule has 8 heteroatoms. The summed E-state index contributed by atoms with van der Waals surface area (Å²) in [6.45, 7) is -1.57. The second-order valence-electron chi connectivity index (χ2n) is 3.31. The molecule has 0 spiro atoms. The van der Waals surface area contributed by atoms with Crippen molar-refractivity contribution < 1.29 is 15.3 Å². The highest BCUT2D eigenvalue weighted by molar-refractivity contribution is 6.32. The van der Waals surface area contributed by atoms with Gasteiger partial charge in [0.15, 0.2) is 0 Å². The fraction of sp³-hybridized carbons (Fsp3) is 0.500. The van der Waals surface area contributed by atoms with Gasteiger partial charge in [0, 0.05) is 0 Å². The van der Waals surface area contributed by atoms with Crippen LogP contribution in [0.5, 0.6) is 0 Å². The molecule has 0 saturated heterocycles. The number of anilines is 1. The molecule has 1 aromatic heterocycles. The molecule has 0 atom stereocenters. The number of nitrogens with one attached hydrogen (secondary N) is 2. The Morgan fingerprint density at radius 3 is 2.44 bits per heavy atom. The molecule has 16 heavy (non-hydrogen) atoms. The van der Waals surface area contributed by atoms with Crippen LogP contribution >= 0.6 is 11.6 Å². The molecular formula is C8H12ClN3O4. The molecule has 1 aromatic rings. The first-order valence-corrected chi connectivity index (χ1v) is 4.80. The van der Waals surface area contributed by atoms with Gasteiger partial charge in [-0.05, 0) is 0 Å². The van der Waals surface area contributed by atoms with Crippen molar-refractivity contribution in [2.75, 3.05) is 25.1 Å². The molecule has 5 N–H and O–H groups in total. The molecule has 0 aliphatic heterocycles. The van der Waals surface area contributed by atoms with E-state index in [1.165, 1.54) is 6.20 Å². The molecule has 1 rings (SSSR count). The molecule has 0 unspecified atom stereocenters. The highest BCUT2D eigenvalue weighted by Gasteiger charge is 2.28. The van der Waals surface area contributed by atoms with Gasteiger partial charge in [-0.3, -0.25) is 4.79 Å². The second-order valence-corrected chi connectivity index (χ2v) is 3.68. The quantitative estimate of drug-likeness (QED) is 0.436. The van der Waals surface area contributed by atoms with E-state index in [0.29, 0.717) is 0 Å². The average Bonchev–Trinajstić information content (AvgIpc) is 2.32. The van der Waals surface area contributed by atoms with Gasteiger partial charge in [0.1, 0.15) is 10.6 Å². The molecule has 0 aromatic carbocycles. The zero-order valence-electron chi connectivity index (χ0n) is 8.27. The minimum atomic E-state index is -1.35. The minimum absolute atomic E-state index is 0.127. The van der Waals surface area contributed by atoms with Gasteiger partial charge in [-0.2, -0.15) is 5.10 Å². The van der Waals surface area contributed by atoms with Crippen molar-refractivity contribution >= 4 is 17.3 Å². The van der Waals surface area contributed by atoms with Crippen LogP contribution in [-0.4, -0.2) is 50.9 Å². The van der Waals surface area contributed by atoms with Crippen molar-refractivity contribution in [3.05, 3.63) is 21.6 Å². The summed E-state index contributed by atoms with van der Waals surface area (Å²) in [4.78, 5) is 11.1. The van der Waals surface area contributed by atoms with Crippen molar-refractivity contribution in [2.24, 2.45) is 0 Å². The number of halogens is 1. The number of aliphatic hydroxyl groups is 3.